The minimum absolute atomic E-state index is 0. The molecule has 24 heavy (non-hydrogen) atoms. The second-order valence-corrected chi connectivity index (χ2v) is 5.31. The summed E-state index contributed by atoms with van der Waals surface area (Å²) in [5.74, 6) is -0.540. The molecule has 1 unspecified atom stereocenters. The van der Waals surface area contributed by atoms with Crippen molar-refractivity contribution in [3.05, 3.63) is 60.2 Å². The molecule has 1 aromatic heterocycles. The topological polar surface area (TPSA) is 54.5 Å². The zero-order chi connectivity index (χ0) is 16.1. The highest BCUT2D eigenvalue weighted by atomic mass is 35.5. The number of carbonyl (C=O) groups excluding carboxylic acids is 1. The van der Waals surface area contributed by atoms with Crippen molar-refractivity contribution in [3.8, 4) is 5.75 Å². The Balaban J connectivity index is 0.00000208. The first-order chi connectivity index (χ1) is 11.3. The molecule has 0 aliphatic carbocycles. The van der Waals surface area contributed by atoms with Crippen LogP contribution in [-0.4, -0.2) is 42.0 Å². The third-order valence-corrected chi connectivity index (χ3v) is 3.82. The Morgan fingerprint density at radius 2 is 2.17 bits per heavy atom. The maximum absolute atomic E-state index is 13.6. The number of carbonyl (C=O) groups is 1. The van der Waals surface area contributed by atoms with Gasteiger partial charge in [0.1, 0.15) is 0 Å². The number of rotatable bonds is 4. The van der Waals surface area contributed by atoms with E-state index in [1.54, 1.807) is 29.4 Å². The van der Waals surface area contributed by atoms with Crippen LogP contribution in [0.1, 0.15) is 11.6 Å². The molecule has 2 aromatic rings. The van der Waals surface area contributed by atoms with Crippen LogP contribution in [0.2, 0.25) is 0 Å². The summed E-state index contributed by atoms with van der Waals surface area (Å²) in [5, 5.41) is 3.28. The van der Waals surface area contributed by atoms with E-state index in [-0.39, 0.29) is 36.7 Å². The van der Waals surface area contributed by atoms with Gasteiger partial charge >= 0.3 is 0 Å². The molecule has 5 nitrogen and oxygen atoms in total. The highest BCUT2D eigenvalue weighted by Crippen LogP contribution is 2.22. The normalized spacial score (nSPS) is 17.0. The third-order valence-electron chi connectivity index (χ3n) is 3.82. The highest BCUT2D eigenvalue weighted by Gasteiger charge is 2.28. The molecule has 7 heteroatoms. The second kappa shape index (κ2) is 8.61. The lowest BCUT2D eigenvalue weighted by Gasteiger charge is -2.36. The van der Waals surface area contributed by atoms with Gasteiger partial charge in [-0.3, -0.25) is 9.78 Å². The molecule has 1 aliphatic heterocycles. The Labute approximate surface area is 146 Å². The Kier molecular flexibility index (Phi) is 6.52. The molecule has 1 saturated heterocycles. The lowest BCUT2D eigenvalue weighted by Crippen LogP contribution is -2.50. The number of para-hydroxylation sites is 1. The van der Waals surface area contributed by atoms with Gasteiger partial charge in [-0.2, -0.15) is 0 Å². The minimum Gasteiger partial charge on any atom is -0.481 e. The van der Waals surface area contributed by atoms with Crippen LogP contribution in [0.5, 0.6) is 5.75 Å². The van der Waals surface area contributed by atoms with E-state index < -0.39 is 5.82 Å². The predicted octanol–water partition coefficient (Wildman–Crippen LogP) is 2.19. The maximum atomic E-state index is 13.6. The smallest absolute Gasteiger partial charge is 0.261 e. The van der Waals surface area contributed by atoms with Gasteiger partial charge in [-0.25, -0.2) is 4.39 Å². The first kappa shape index (κ1) is 18.2. The summed E-state index contributed by atoms with van der Waals surface area (Å²) >= 11 is 0. The molecule has 1 aromatic carbocycles. The molecule has 1 N–H and O–H groups in total. The number of amides is 1. The van der Waals surface area contributed by atoms with E-state index in [1.165, 1.54) is 12.1 Å². The van der Waals surface area contributed by atoms with E-state index in [0.29, 0.717) is 13.1 Å². The molecule has 1 amide bonds. The highest BCUT2D eigenvalue weighted by molar-refractivity contribution is 5.85. The van der Waals surface area contributed by atoms with Gasteiger partial charge in [0.15, 0.2) is 18.2 Å². The van der Waals surface area contributed by atoms with Gasteiger partial charge in [0, 0.05) is 32.0 Å². The second-order valence-electron chi connectivity index (χ2n) is 5.31. The number of piperazine rings is 1. The van der Waals surface area contributed by atoms with Crippen molar-refractivity contribution in [1.29, 1.82) is 0 Å². The molecule has 1 aliphatic rings. The molecular formula is C17H19ClFN3O2. The summed E-state index contributed by atoms with van der Waals surface area (Å²) < 4.78 is 18.9. The number of hydrogen-bond acceptors (Lipinski definition) is 4. The molecular weight excluding hydrogens is 333 g/mol. The van der Waals surface area contributed by atoms with Crippen molar-refractivity contribution in [3.63, 3.8) is 0 Å². The zero-order valence-corrected chi connectivity index (χ0v) is 13.8. The van der Waals surface area contributed by atoms with Crippen molar-refractivity contribution < 1.29 is 13.9 Å². The van der Waals surface area contributed by atoms with E-state index in [9.17, 15) is 9.18 Å². The molecule has 0 bridgehead atoms. The van der Waals surface area contributed by atoms with E-state index in [1.807, 2.05) is 12.1 Å². The number of benzene rings is 1. The van der Waals surface area contributed by atoms with Crippen molar-refractivity contribution in [2.45, 2.75) is 6.04 Å². The van der Waals surface area contributed by atoms with Crippen molar-refractivity contribution in [2.24, 2.45) is 0 Å². The van der Waals surface area contributed by atoms with E-state index in [0.717, 1.165) is 12.1 Å². The van der Waals surface area contributed by atoms with Crippen molar-refractivity contribution in [1.82, 2.24) is 15.2 Å². The fourth-order valence-electron chi connectivity index (χ4n) is 2.66. The Morgan fingerprint density at radius 1 is 1.33 bits per heavy atom. The van der Waals surface area contributed by atoms with Crippen LogP contribution < -0.4 is 10.1 Å². The monoisotopic (exact) mass is 351 g/mol. The van der Waals surface area contributed by atoms with Crippen molar-refractivity contribution in [2.75, 3.05) is 26.2 Å². The fraction of sp³-hybridized carbons (Fsp3) is 0.294. The number of nitrogens with one attached hydrogen (secondary N) is 1. The zero-order valence-electron chi connectivity index (χ0n) is 13.0. The minimum atomic E-state index is -0.468. The van der Waals surface area contributed by atoms with Crippen LogP contribution in [-0.2, 0) is 4.79 Å². The fourth-order valence-corrected chi connectivity index (χ4v) is 2.66. The van der Waals surface area contributed by atoms with Gasteiger partial charge in [-0.1, -0.05) is 18.2 Å². The Morgan fingerprint density at radius 3 is 2.92 bits per heavy atom. The molecule has 128 valence electrons. The lowest BCUT2D eigenvalue weighted by atomic mass is 10.1. The van der Waals surface area contributed by atoms with Gasteiger partial charge in [0.2, 0.25) is 0 Å². The molecule has 1 atom stereocenters. The number of halogens is 2. The van der Waals surface area contributed by atoms with Crippen LogP contribution in [0.15, 0.2) is 48.8 Å². The predicted molar refractivity (Wildman–Crippen MR) is 90.7 cm³/mol. The average Bonchev–Trinajstić information content (AvgIpc) is 2.61. The lowest BCUT2D eigenvalue weighted by molar-refractivity contribution is -0.136. The molecule has 3 rings (SSSR count). The van der Waals surface area contributed by atoms with Crippen molar-refractivity contribution >= 4 is 18.3 Å². The SMILES string of the molecule is Cl.O=C(COc1ccccc1F)N1CCNCC1c1cccnc1. The third kappa shape index (κ3) is 4.21. The number of aromatic nitrogens is 1. The molecule has 1 fully saturated rings. The first-order valence-corrected chi connectivity index (χ1v) is 7.53. The average molecular weight is 352 g/mol. The Bertz CT molecular complexity index is 672. The maximum Gasteiger partial charge on any atom is 0.261 e. The first-order valence-electron chi connectivity index (χ1n) is 7.53. The van der Waals surface area contributed by atoms with Crippen LogP contribution in [0.4, 0.5) is 4.39 Å². The molecule has 2 heterocycles. The van der Waals surface area contributed by atoms with Crippen LogP contribution >= 0.6 is 12.4 Å². The molecule has 0 radical (unpaired) electrons. The quantitative estimate of drug-likeness (QED) is 0.917. The summed E-state index contributed by atoms with van der Waals surface area (Å²) in [6, 6.07) is 9.78. The van der Waals surface area contributed by atoms with Gasteiger partial charge in [0.05, 0.1) is 6.04 Å². The number of nitrogens with zero attached hydrogens (tertiary/aromatic N) is 2. The van der Waals surface area contributed by atoms with Gasteiger partial charge in [-0.15, -0.1) is 12.4 Å². The summed E-state index contributed by atoms with van der Waals surface area (Å²) in [6.45, 7) is 1.79. The van der Waals surface area contributed by atoms with Gasteiger partial charge in [-0.05, 0) is 23.8 Å². The number of pyridine rings is 1. The van der Waals surface area contributed by atoms with Crippen LogP contribution in [0.25, 0.3) is 0 Å². The van der Waals surface area contributed by atoms with Crippen LogP contribution in [0.3, 0.4) is 0 Å². The molecule has 0 saturated carbocycles. The standard InChI is InChI=1S/C17H18FN3O2.ClH/c18-14-5-1-2-6-16(14)23-12-17(22)21-9-8-20-11-15(21)13-4-3-7-19-10-13;/h1-7,10,15,20H,8-9,11-12H2;1H. The van der Waals surface area contributed by atoms with E-state index in [2.05, 4.69) is 10.3 Å². The van der Waals surface area contributed by atoms with Gasteiger partial charge < -0.3 is 15.0 Å². The van der Waals surface area contributed by atoms with E-state index >= 15 is 0 Å². The Hall–Kier alpha value is -2.18. The molecule has 0 spiro atoms. The van der Waals surface area contributed by atoms with Gasteiger partial charge in [0.25, 0.3) is 5.91 Å². The summed E-state index contributed by atoms with van der Waals surface area (Å²) in [5.41, 5.74) is 0.971. The summed E-state index contributed by atoms with van der Waals surface area (Å²) in [6.07, 6.45) is 3.46. The summed E-state index contributed by atoms with van der Waals surface area (Å²) in [4.78, 5) is 18.4. The largest absolute Gasteiger partial charge is 0.481 e. The number of hydrogen-bond donors (Lipinski definition) is 1. The number of ether oxygens (including phenoxy) is 1. The van der Waals surface area contributed by atoms with Crippen LogP contribution in [0, 0.1) is 5.82 Å². The summed E-state index contributed by atoms with van der Waals surface area (Å²) in [7, 11) is 0. The van der Waals surface area contributed by atoms with E-state index in [4.69, 9.17) is 4.74 Å².